The zero-order valence-corrected chi connectivity index (χ0v) is 12.4. The van der Waals surface area contributed by atoms with Crippen molar-refractivity contribution < 1.29 is 4.79 Å². The SMILES string of the molecule is CCNC(=O)C1CCN(c2nc3ccccc3s2)CC1. The number of rotatable bonds is 3. The van der Waals surface area contributed by atoms with Crippen molar-refractivity contribution in [2.45, 2.75) is 19.8 Å². The third kappa shape index (κ3) is 2.63. The van der Waals surface area contributed by atoms with Crippen molar-refractivity contribution >= 4 is 32.6 Å². The summed E-state index contributed by atoms with van der Waals surface area (Å²) in [6.07, 6.45) is 1.84. The van der Waals surface area contributed by atoms with Crippen molar-refractivity contribution in [2.24, 2.45) is 5.92 Å². The number of hydrogen-bond acceptors (Lipinski definition) is 4. The van der Waals surface area contributed by atoms with Gasteiger partial charge in [0, 0.05) is 25.6 Å². The van der Waals surface area contributed by atoms with E-state index in [9.17, 15) is 4.79 Å². The molecule has 4 nitrogen and oxygen atoms in total. The van der Waals surface area contributed by atoms with Crippen LogP contribution in [0.1, 0.15) is 19.8 Å². The largest absolute Gasteiger partial charge is 0.356 e. The molecule has 3 rings (SSSR count). The molecule has 2 heterocycles. The van der Waals surface area contributed by atoms with Crippen molar-refractivity contribution in [1.82, 2.24) is 10.3 Å². The molecule has 0 unspecified atom stereocenters. The Morgan fingerprint density at radius 2 is 2.15 bits per heavy atom. The van der Waals surface area contributed by atoms with Gasteiger partial charge >= 0.3 is 0 Å². The first kappa shape index (κ1) is 13.4. The van der Waals surface area contributed by atoms with Crippen molar-refractivity contribution in [3.05, 3.63) is 24.3 Å². The lowest BCUT2D eigenvalue weighted by Crippen LogP contribution is -2.40. The van der Waals surface area contributed by atoms with Crippen LogP contribution in [0.25, 0.3) is 10.2 Å². The number of carbonyl (C=O) groups excluding carboxylic acids is 1. The highest BCUT2D eigenvalue weighted by Crippen LogP contribution is 2.31. The maximum Gasteiger partial charge on any atom is 0.223 e. The fraction of sp³-hybridized carbons (Fsp3) is 0.467. The molecule has 0 spiro atoms. The Labute approximate surface area is 122 Å². The van der Waals surface area contributed by atoms with Gasteiger partial charge < -0.3 is 10.2 Å². The van der Waals surface area contributed by atoms with Crippen LogP contribution in [0, 0.1) is 5.92 Å². The van der Waals surface area contributed by atoms with Crippen LogP contribution in [-0.2, 0) is 4.79 Å². The number of thiazole rings is 1. The number of amides is 1. The van der Waals surface area contributed by atoms with Gasteiger partial charge in [0.15, 0.2) is 5.13 Å². The summed E-state index contributed by atoms with van der Waals surface area (Å²) in [6, 6.07) is 8.23. The Hall–Kier alpha value is -1.62. The summed E-state index contributed by atoms with van der Waals surface area (Å²) in [5, 5.41) is 4.00. The Morgan fingerprint density at radius 1 is 1.40 bits per heavy atom. The minimum absolute atomic E-state index is 0.167. The molecule has 1 amide bonds. The highest BCUT2D eigenvalue weighted by Gasteiger charge is 2.25. The summed E-state index contributed by atoms with van der Waals surface area (Å²) in [5.41, 5.74) is 1.07. The molecule has 106 valence electrons. The van der Waals surface area contributed by atoms with Gasteiger partial charge in [0.2, 0.25) is 5.91 Å². The lowest BCUT2D eigenvalue weighted by molar-refractivity contribution is -0.125. The number of carbonyl (C=O) groups is 1. The zero-order valence-electron chi connectivity index (χ0n) is 11.6. The lowest BCUT2D eigenvalue weighted by atomic mass is 9.96. The maximum absolute atomic E-state index is 11.8. The molecule has 5 heteroatoms. The van der Waals surface area contributed by atoms with Crippen LogP contribution in [-0.4, -0.2) is 30.5 Å². The number of para-hydroxylation sites is 1. The third-order valence-corrected chi connectivity index (χ3v) is 4.87. The molecule has 0 saturated carbocycles. The summed E-state index contributed by atoms with van der Waals surface area (Å²) in [7, 11) is 0. The van der Waals surface area contributed by atoms with Gasteiger partial charge in [0.05, 0.1) is 10.2 Å². The first-order valence-electron chi connectivity index (χ1n) is 7.16. The van der Waals surface area contributed by atoms with E-state index in [2.05, 4.69) is 27.3 Å². The minimum atomic E-state index is 0.167. The topological polar surface area (TPSA) is 45.2 Å². The van der Waals surface area contributed by atoms with Crippen LogP contribution in [0.5, 0.6) is 0 Å². The number of nitrogens with one attached hydrogen (secondary N) is 1. The average Bonchev–Trinajstić information content (AvgIpc) is 2.91. The molecule has 1 aromatic carbocycles. The van der Waals surface area contributed by atoms with Crippen molar-refractivity contribution in [2.75, 3.05) is 24.5 Å². The van der Waals surface area contributed by atoms with Gasteiger partial charge in [0.1, 0.15) is 0 Å². The number of anilines is 1. The highest BCUT2D eigenvalue weighted by atomic mass is 32.1. The molecule has 2 aromatic rings. The first-order valence-corrected chi connectivity index (χ1v) is 7.98. The molecule has 0 aliphatic carbocycles. The van der Waals surface area contributed by atoms with E-state index in [-0.39, 0.29) is 11.8 Å². The number of benzene rings is 1. The Morgan fingerprint density at radius 3 is 2.85 bits per heavy atom. The van der Waals surface area contributed by atoms with Crippen LogP contribution in [0.3, 0.4) is 0 Å². The smallest absolute Gasteiger partial charge is 0.223 e. The quantitative estimate of drug-likeness (QED) is 0.945. The van der Waals surface area contributed by atoms with Crippen LogP contribution >= 0.6 is 11.3 Å². The van der Waals surface area contributed by atoms with E-state index in [0.717, 1.165) is 43.1 Å². The molecular weight excluding hydrogens is 270 g/mol. The van der Waals surface area contributed by atoms with Crippen molar-refractivity contribution in [3.8, 4) is 0 Å². The van der Waals surface area contributed by atoms with E-state index in [4.69, 9.17) is 0 Å². The molecule has 0 radical (unpaired) electrons. The molecule has 0 bridgehead atoms. The van der Waals surface area contributed by atoms with Gasteiger partial charge in [-0.2, -0.15) is 0 Å². The molecule has 20 heavy (non-hydrogen) atoms. The average molecular weight is 289 g/mol. The standard InChI is InChI=1S/C15H19N3OS/c1-2-16-14(19)11-7-9-18(10-8-11)15-17-12-5-3-4-6-13(12)20-15/h3-6,11H,2,7-10H2,1H3,(H,16,19). The van der Waals surface area contributed by atoms with Crippen molar-refractivity contribution in [1.29, 1.82) is 0 Å². The van der Waals surface area contributed by atoms with Gasteiger partial charge in [-0.3, -0.25) is 4.79 Å². The molecule has 1 saturated heterocycles. The molecule has 1 aromatic heterocycles. The molecule has 1 fully saturated rings. The summed E-state index contributed by atoms with van der Waals surface area (Å²) in [5.74, 6) is 0.372. The molecule has 1 aliphatic heterocycles. The van der Waals surface area contributed by atoms with Crippen LogP contribution < -0.4 is 10.2 Å². The number of fused-ring (bicyclic) bond motifs is 1. The number of nitrogens with zero attached hydrogens (tertiary/aromatic N) is 2. The summed E-state index contributed by atoms with van der Waals surface area (Å²) < 4.78 is 1.23. The van der Waals surface area contributed by atoms with E-state index >= 15 is 0 Å². The Bertz CT molecular complexity index is 569. The Balaban J connectivity index is 1.67. The minimum Gasteiger partial charge on any atom is -0.356 e. The maximum atomic E-state index is 11.8. The molecular formula is C15H19N3OS. The van der Waals surface area contributed by atoms with E-state index in [1.807, 2.05) is 19.1 Å². The van der Waals surface area contributed by atoms with Gasteiger partial charge in [0.25, 0.3) is 0 Å². The Kier molecular flexibility index (Phi) is 3.87. The number of aromatic nitrogens is 1. The second-order valence-corrected chi connectivity index (χ2v) is 6.13. The normalized spacial score (nSPS) is 16.6. The van der Waals surface area contributed by atoms with Crippen molar-refractivity contribution in [3.63, 3.8) is 0 Å². The summed E-state index contributed by atoms with van der Waals surface area (Å²) in [4.78, 5) is 18.8. The zero-order chi connectivity index (χ0) is 13.9. The predicted octanol–water partition coefficient (Wildman–Crippen LogP) is 2.65. The highest BCUT2D eigenvalue weighted by molar-refractivity contribution is 7.22. The number of piperidine rings is 1. The summed E-state index contributed by atoms with van der Waals surface area (Å²) >= 11 is 1.74. The van der Waals surface area contributed by atoms with E-state index in [1.54, 1.807) is 11.3 Å². The van der Waals surface area contributed by atoms with Gasteiger partial charge in [-0.05, 0) is 31.9 Å². The summed E-state index contributed by atoms with van der Waals surface area (Å²) in [6.45, 7) is 4.52. The van der Waals surface area contributed by atoms with Gasteiger partial charge in [-0.1, -0.05) is 23.5 Å². The third-order valence-electron chi connectivity index (χ3n) is 3.77. The van der Waals surface area contributed by atoms with Crippen LogP contribution in [0.2, 0.25) is 0 Å². The predicted molar refractivity (Wildman–Crippen MR) is 83.2 cm³/mol. The van der Waals surface area contributed by atoms with E-state index in [0.29, 0.717) is 0 Å². The molecule has 1 N–H and O–H groups in total. The fourth-order valence-electron chi connectivity index (χ4n) is 2.65. The fourth-order valence-corrected chi connectivity index (χ4v) is 3.66. The second-order valence-electron chi connectivity index (χ2n) is 5.12. The van der Waals surface area contributed by atoms with Crippen LogP contribution in [0.15, 0.2) is 24.3 Å². The van der Waals surface area contributed by atoms with Gasteiger partial charge in [-0.25, -0.2) is 4.98 Å². The first-order chi connectivity index (χ1) is 9.78. The molecule has 0 atom stereocenters. The number of hydrogen-bond donors (Lipinski definition) is 1. The van der Waals surface area contributed by atoms with E-state index < -0.39 is 0 Å². The van der Waals surface area contributed by atoms with Crippen LogP contribution in [0.4, 0.5) is 5.13 Å². The van der Waals surface area contributed by atoms with E-state index in [1.165, 1.54) is 4.70 Å². The monoisotopic (exact) mass is 289 g/mol. The second kappa shape index (κ2) is 5.79. The molecule has 1 aliphatic rings. The van der Waals surface area contributed by atoms with Gasteiger partial charge in [-0.15, -0.1) is 0 Å². The lowest BCUT2D eigenvalue weighted by Gasteiger charge is -2.30.